The fraction of sp³-hybridized carbons (Fsp3) is 0.190. The fourth-order valence-electron chi connectivity index (χ4n) is 3.37. The first-order valence-corrected chi connectivity index (χ1v) is 11.2. The van der Waals surface area contributed by atoms with Gasteiger partial charge in [-0.05, 0) is 43.3 Å². The molecule has 160 valence electrons. The largest absolute Gasteiger partial charge is 0.458 e. The summed E-state index contributed by atoms with van der Waals surface area (Å²) >= 11 is 0. The Hall–Kier alpha value is -3.66. The average Bonchev–Trinajstić information content (AvgIpc) is 3.24. The first kappa shape index (κ1) is 20.6. The number of nitrogens with one attached hydrogen (secondary N) is 2. The second-order valence-corrected chi connectivity index (χ2v) is 9.46. The van der Waals surface area contributed by atoms with E-state index in [-0.39, 0.29) is 10.7 Å². The number of anilines is 1. The van der Waals surface area contributed by atoms with Crippen LogP contribution in [0.15, 0.2) is 63.9 Å². The van der Waals surface area contributed by atoms with Crippen LogP contribution in [-0.4, -0.2) is 44.0 Å². The molecule has 9 nitrogen and oxygen atoms in total. The molecule has 0 unspecified atom stereocenters. The van der Waals surface area contributed by atoms with Gasteiger partial charge in [0.05, 0.1) is 4.90 Å². The van der Waals surface area contributed by atoms with Crippen LogP contribution < -0.4 is 10.6 Å². The molecule has 1 atom stereocenters. The minimum atomic E-state index is -3.36. The van der Waals surface area contributed by atoms with Crippen LogP contribution >= 0.6 is 0 Å². The predicted molar refractivity (Wildman–Crippen MR) is 112 cm³/mol. The number of fused-ring (bicyclic) bond motifs is 1. The Labute approximate surface area is 177 Å². The molecule has 0 bridgehead atoms. The molecule has 4 amide bonds. The maximum Gasteiger partial charge on any atom is 0.325 e. The Morgan fingerprint density at radius 3 is 2.45 bits per heavy atom. The number of nitrogens with zero attached hydrogens (tertiary/aromatic N) is 1. The summed E-state index contributed by atoms with van der Waals surface area (Å²) in [6, 6.07) is 13.8. The van der Waals surface area contributed by atoms with Crippen LogP contribution in [0.1, 0.15) is 12.7 Å². The van der Waals surface area contributed by atoms with Gasteiger partial charge < -0.3 is 15.1 Å². The molecule has 4 rings (SSSR count). The van der Waals surface area contributed by atoms with Crippen LogP contribution in [0.5, 0.6) is 0 Å². The van der Waals surface area contributed by atoms with Crippen molar-refractivity contribution in [2.45, 2.75) is 17.4 Å². The van der Waals surface area contributed by atoms with Crippen molar-refractivity contribution < 1.29 is 27.2 Å². The van der Waals surface area contributed by atoms with E-state index in [1.807, 2.05) is 12.1 Å². The predicted octanol–water partition coefficient (Wildman–Crippen LogP) is 2.24. The smallest absolute Gasteiger partial charge is 0.325 e. The lowest BCUT2D eigenvalue weighted by Crippen LogP contribution is -2.41. The first-order chi connectivity index (χ1) is 14.6. The molecule has 31 heavy (non-hydrogen) atoms. The highest BCUT2D eigenvalue weighted by molar-refractivity contribution is 7.90. The zero-order valence-corrected chi connectivity index (χ0v) is 17.5. The maximum absolute atomic E-state index is 13.0. The molecule has 0 aliphatic carbocycles. The Morgan fingerprint density at radius 1 is 1.13 bits per heavy atom. The number of carbonyl (C=O) groups excluding carboxylic acids is 3. The third-order valence-electron chi connectivity index (χ3n) is 5.06. The van der Waals surface area contributed by atoms with E-state index < -0.39 is 39.8 Å². The standard InChI is InChI=1S/C21H19N3O6S/c1-21(17-11-13-5-3-4-6-16(13)30-17)19(26)24(20(27)23-21)12-18(25)22-14-7-9-15(10-8-14)31(2,28)29/h3-11H,12H2,1-2H3,(H,22,25)(H,23,27)/t21-/m0/s1. The van der Waals surface area contributed by atoms with Gasteiger partial charge in [-0.2, -0.15) is 0 Å². The van der Waals surface area contributed by atoms with Gasteiger partial charge in [0, 0.05) is 17.3 Å². The molecule has 1 aliphatic rings. The summed E-state index contributed by atoms with van der Waals surface area (Å²) in [6.45, 7) is 1.01. The average molecular weight is 441 g/mol. The summed E-state index contributed by atoms with van der Waals surface area (Å²) < 4.78 is 28.8. The van der Waals surface area contributed by atoms with Gasteiger partial charge in [0.1, 0.15) is 17.9 Å². The van der Waals surface area contributed by atoms with Crippen LogP contribution in [0.3, 0.4) is 0 Å². The summed E-state index contributed by atoms with van der Waals surface area (Å²) in [6.07, 6.45) is 1.08. The zero-order valence-electron chi connectivity index (χ0n) is 16.7. The molecule has 2 heterocycles. The zero-order chi connectivity index (χ0) is 22.4. The molecular weight excluding hydrogens is 422 g/mol. The second-order valence-electron chi connectivity index (χ2n) is 7.44. The molecular formula is C21H19N3O6S. The van der Waals surface area contributed by atoms with Gasteiger partial charge in [-0.3, -0.25) is 14.5 Å². The van der Waals surface area contributed by atoms with Crippen molar-refractivity contribution in [1.29, 1.82) is 0 Å². The molecule has 2 N–H and O–H groups in total. The number of sulfone groups is 1. The van der Waals surface area contributed by atoms with E-state index in [2.05, 4.69) is 10.6 Å². The lowest BCUT2D eigenvalue weighted by molar-refractivity contribution is -0.134. The molecule has 0 saturated carbocycles. The summed E-state index contributed by atoms with van der Waals surface area (Å²) in [7, 11) is -3.36. The number of hydrogen-bond acceptors (Lipinski definition) is 6. The number of hydrogen-bond donors (Lipinski definition) is 2. The highest BCUT2D eigenvalue weighted by Gasteiger charge is 2.51. The molecule has 1 aliphatic heterocycles. The Bertz CT molecular complexity index is 1280. The Balaban J connectivity index is 1.49. The van der Waals surface area contributed by atoms with Gasteiger partial charge in [0.15, 0.2) is 15.4 Å². The van der Waals surface area contributed by atoms with Gasteiger partial charge in [-0.1, -0.05) is 18.2 Å². The number of amides is 4. The second kappa shape index (κ2) is 7.24. The number of urea groups is 1. The molecule has 1 fully saturated rings. The fourth-order valence-corrected chi connectivity index (χ4v) is 4.00. The van der Waals surface area contributed by atoms with Crippen molar-refractivity contribution in [3.05, 3.63) is 60.4 Å². The number of rotatable bonds is 5. The van der Waals surface area contributed by atoms with E-state index >= 15 is 0 Å². The van der Waals surface area contributed by atoms with E-state index in [1.165, 1.54) is 31.2 Å². The van der Waals surface area contributed by atoms with Crippen molar-refractivity contribution in [2.24, 2.45) is 0 Å². The highest BCUT2D eigenvalue weighted by atomic mass is 32.2. The Kier molecular flexibility index (Phi) is 4.81. The summed E-state index contributed by atoms with van der Waals surface area (Å²) in [5.74, 6) is -0.949. The van der Waals surface area contributed by atoms with Crippen molar-refractivity contribution in [3.8, 4) is 0 Å². The Morgan fingerprint density at radius 2 is 1.81 bits per heavy atom. The third kappa shape index (κ3) is 3.77. The van der Waals surface area contributed by atoms with Crippen molar-refractivity contribution in [2.75, 3.05) is 18.1 Å². The van der Waals surface area contributed by atoms with Crippen LogP contribution in [0.25, 0.3) is 11.0 Å². The van der Waals surface area contributed by atoms with Crippen LogP contribution in [0, 0.1) is 0 Å². The lowest BCUT2D eigenvalue weighted by atomic mass is 9.99. The van der Waals surface area contributed by atoms with Gasteiger partial charge in [-0.15, -0.1) is 0 Å². The van der Waals surface area contributed by atoms with Gasteiger partial charge >= 0.3 is 6.03 Å². The van der Waals surface area contributed by atoms with Gasteiger partial charge in [0.25, 0.3) is 5.91 Å². The molecule has 2 aromatic carbocycles. The number of para-hydroxylation sites is 1. The van der Waals surface area contributed by atoms with Crippen molar-refractivity contribution in [1.82, 2.24) is 10.2 Å². The molecule has 3 aromatic rings. The maximum atomic E-state index is 13.0. The molecule has 1 saturated heterocycles. The molecule has 0 spiro atoms. The van der Waals surface area contributed by atoms with E-state index in [0.717, 1.165) is 16.5 Å². The van der Waals surface area contributed by atoms with E-state index in [0.29, 0.717) is 11.3 Å². The highest BCUT2D eigenvalue weighted by Crippen LogP contribution is 2.33. The minimum Gasteiger partial charge on any atom is -0.458 e. The van der Waals surface area contributed by atoms with E-state index in [1.54, 1.807) is 18.2 Å². The van der Waals surface area contributed by atoms with Crippen LogP contribution in [-0.2, 0) is 25.0 Å². The monoisotopic (exact) mass is 441 g/mol. The molecule has 1 aromatic heterocycles. The molecule has 0 radical (unpaired) electrons. The van der Waals surface area contributed by atoms with Crippen molar-refractivity contribution in [3.63, 3.8) is 0 Å². The number of imide groups is 1. The third-order valence-corrected chi connectivity index (χ3v) is 6.19. The van der Waals surface area contributed by atoms with Crippen molar-refractivity contribution >= 4 is 44.3 Å². The SMILES string of the molecule is C[C@@]1(c2cc3ccccc3o2)NC(=O)N(CC(=O)Nc2ccc(S(C)(=O)=O)cc2)C1=O. The van der Waals surface area contributed by atoms with E-state index in [4.69, 9.17) is 4.42 Å². The lowest BCUT2D eigenvalue weighted by Gasteiger charge is -2.18. The quantitative estimate of drug-likeness (QED) is 0.585. The van der Waals surface area contributed by atoms with Crippen LogP contribution in [0.4, 0.5) is 10.5 Å². The molecule has 10 heteroatoms. The summed E-state index contributed by atoms with van der Waals surface area (Å²) in [4.78, 5) is 38.8. The summed E-state index contributed by atoms with van der Waals surface area (Å²) in [5.41, 5.74) is -0.521. The number of benzene rings is 2. The summed E-state index contributed by atoms with van der Waals surface area (Å²) in [5, 5.41) is 5.93. The first-order valence-electron chi connectivity index (χ1n) is 9.31. The normalized spacial score (nSPS) is 19.0. The minimum absolute atomic E-state index is 0.112. The topological polar surface area (TPSA) is 126 Å². The van der Waals surface area contributed by atoms with Gasteiger partial charge in [-0.25, -0.2) is 13.2 Å². The number of carbonyl (C=O) groups is 3. The van der Waals surface area contributed by atoms with E-state index in [9.17, 15) is 22.8 Å². The number of furan rings is 1. The van der Waals surface area contributed by atoms with Crippen LogP contribution in [0.2, 0.25) is 0 Å². The van der Waals surface area contributed by atoms with Gasteiger partial charge in [0.2, 0.25) is 5.91 Å².